The van der Waals surface area contributed by atoms with Gasteiger partial charge in [0.15, 0.2) is 0 Å². The zero-order valence-corrected chi connectivity index (χ0v) is 22.2. The van der Waals surface area contributed by atoms with Gasteiger partial charge >= 0.3 is 12.1 Å². The average Bonchev–Trinajstić information content (AvgIpc) is 2.79. The molecule has 0 spiro atoms. The van der Waals surface area contributed by atoms with E-state index in [1.54, 1.807) is 12.1 Å². The van der Waals surface area contributed by atoms with Gasteiger partial charge in [0.05, 0.1) is 4.90 Å². The third-order valence-electron chi connectivity index (χ3n) is 5.45. The van der Waals surface area contributed by atoms with E-state index in [-0.39, 0.29) is 18.9 Å². The Bertz CT molecular complexity index is 929. The summed E-state index contributed by atoms with van der Waals surface area (Å²) >= 11 is 0. The molecular weight excluding hydrogens is 499 g/mol. The minimum absolute atomic E-state index is 0.0310. The molecule has 0 aromatic heterocycles. The van der Waals surface area contributed by atoms with Crippen molar-refractivity contribution in [2.24, 2.45) is 11.8 Å². The summed E-state index contributed by atoms with van der Waals surface area (Å²) in [6.07, 6.45) is -3.16. The number of hydrogen-bond donors (Lipinski definition) is 2. The number of piperazine rings is 1. The number of nitrogens with one attached hydrogen (secondary N) is 1. The number of carbonyl (C=O) groups is 2. The number of aliphatic carboxylic acids is 1. The molecule has 1 aromatic carbocycles. The van der Waals surface area contributed by atoms with Gasteiger partial charge in [-0.25, -0.2) is 13.2 Å². The second kappa shape index (κ2) is 14.5. The van der Waals surface area contributed by atoms with E-state index in [1.165, 1.54) is 4.31 Å². The van der Waals surface area contributed by atoms with E-state index in [0.29, 0.717) is 36.4 Å². The molecule has 1 amide bonds. The average molecular weight is 538 g/mol. The van der Waals surface area contributed by atoms with E-state index >= 15 is 0 Å². The van der Waals surface area contributed by atoms with E-state index < -0.39 is 22.2 Å². The molecule has 2 rings (SSSR count). The molecule has 206 valence electrons. The number of nitrogens with zero attached hydrogens (tertiary/aromatic N) is 2. The molecule has 0 saturated carbocycles. The molecule has 0 atom stereocenters. The smallest absolute Gasteiger partial charge is 0.475 e. The number of rotatable bonds is 10. The Morgan fingerprint density at radius 3 is 2.00 bits per heavy atom. The number of alkyl halides is 3. The minimum Gasteiger partial charge on any atom is -0.475 e. The summed E-state index contributed by atoms with van der Waals surface area (Å²) in [6, 6.07) is 7.21. The lowest BCUT2D eigenvalue weighted by molar-refractivity contribution is -0.192. The predicted octanol–water partition coefficient (Wildman–Crippen LogP) is 3.38. The van der Waals surface area contributed by atoms with Crippen LogP contribution >= 0.6 is 0 Å². The Morgan fingerprint density at radius 2 is 1.56 bits per heavy atom. The van der Waals surface area contributed by atoms with E-state index in [1.807, 2.05) is 17.0 Å². The highest BCUT2D eigenvalue weighted by atomic mass is 32.2. The van der Waals surface area contributed by atoms with Crippen LogP contribution in [0.2, 0.25) is 0 Å². The normalized spacial score (nSPS) is 14.7. The molecule has 1 aromatic rings. The fraction of sp³-hybridized carbons (Fsp3) is 0.667. The van der Waals surface area contributed by atoms with Gasteiger partial charge in [-0.2, -0.15) is 17.5 Å². The number of halogens is 3. The van der Waals surface area contributed by atoms with Crippen LogP contribution in [0.5, 0.6) is 0 Å². The molecule has 0 aliphatic carbocycles. The Balaban J connectivity index is 0.000000809. The van der Waals surface area contributed by atoms with E-state index in [2.05, 4.69) is 33.0 Å². The zero-order valence-electron chi connectivity index (χ0n) is 21.3. The van der Waals surface area contributed by atoms with Crippen LogP contribution in [0.4, 0.5) is 13.2 Å². The van der Waals surface area contributed by atoms with Gasteiger partial charge in [-0.05, 0) is 42.4 Å². The van der Waals surface area contributed by atoms with Gasteiger partial charge in [0.25, 0.3) is 0 Å². The Kier molecular flexibility index (Phi) is 12.9. The summed E-state index contributed by atoms with van der Waals surface area (Å²) in [5, 5.41) is 10.4. The number of carbonyl (C=O) groups excluding carboxylic acids is 1. The second-order valence-electron chi connectivity index (χ2n) is 9.51. The first-order valence-corrected chi connectivity index (χ1v) is 13.5. The number of amides is 1. The van der Waals surface area contributed by atoms with Gasteiger partial charge in [-0.15, -0.1) is 0 Å². The Labute approximate surface area is 211 Å². The summed E-state index contributed by atoms with van der Waals surface area (Å²) in [5.74, 6) is -1.81. The molecule has 12 heteroatoms. The van der Waals surface area contributed by atoms with Crippen molar-refractivity contribution < 1.29 is 36.3 Å². The maximum Gasteiger partial charge on any atom is 0.490 e. The fourth-order valence-corrected chi connectivity index (χ4v) is 4.92. The number of carboxylic acid groups (broad SMARTS) is 1. The first kappa shape index (κ1) is 31.8. The van der Waals surface area contributed by atoms with Crippen molar-refractivity contribution in [2.75, 3.05) is 39.3 Å². The highest BCUT2D eigenvalue weighted by molar-refractivity contribution is 7.89. The molecule has 1 aliphatic heterocycles. The molecule has 1 saturated heterocycles. The molecule has 0 radical (unpaired) electrons. The van der Waals surface area contributed by atoms with Crippen molar-refractivity contribution in [3.05, 3.63) is 29.8 Å². The maximum atomic E-state index is 13.3. The maximum absolute atomic E-state index is 13.3. The standard InChI is InChI=1S/C22H37N3O3S.C2HF3O2/c1-18(2)9-13-25(14-10-22(26)24-15-11-23-12-16-24)29(27,28)21-7-5-20(6-8-21)17-19(3)4;3-2(4,5)1(6)7/h5-8,18-19,23H,9-17H2,1-4H3;(H,6,7). The van der Waals surface area contributed by atoms with Crippen LogP contribution in [0, 0.1) is 11.8 Å². The van der Waals surface area contributed by atoms with Gasteiger partial charge in [-0.3, -0.25) is 4.79 Å². The Hall–Kier alpha value is -2.18. The largest absolute Gasteiger partial charge is 0.490 e. The second-order valence-corrected chi connectivity index (χ2v) is 11.5. The lowest BCUT2D eigenvalue weighted by Crippen LogP contribution is -2.47. The van der Waals surface area contributed by atoms with Gasteiger partial charge in [0, 0.05) is 45.7 Å². The van der Waals surface area contributed by atoms with Crippen molar-refractivity contribution in [1.29, 1.82) is 0 Å². The highest BCUT2D eigenvalue weighted by Crippen LogP contribution is 2.20. The lowest BCUT2D eigenvalue weighted by atomic mass is 10.0. The van der Waals surface area contributed by atoms with E-state index in [4.69, 9.17) is 9.90 Å². The van der Waals surface area contributed by atoms with E-state index in [0.717, 1.165) is 31.5 Å². The van der Waals surface area contributed by atoms with Gasteiger partial charge in [-0.1, -0.05) is 39.8 Å². The van der Waals surface area contributed by atoms with Crippen LogP contribution in [-0.2, 0) is 26.0 Å². The molecule has 0 bridgehead atoms. The van der Waals surface area contributed by atoms with Crippen molar-refractivity contribution in [3.63, 3.8) is 0 Å². The lowest BCUT2D eigenvalue weighted by Gasteiger charge is -2.29. The molecule has 2 N–H and O–H groups in total. The van der Waals surface area contributed by atoms with Gasteiger partial charge < -0.3 is 15.3 Å². The molecule has 1 aliphatic rings. The summed E-state index contributed by atoms with van der Waals surface area (Å²) in [6.45, 7) is 12.1. The van der Waals surface area contributed by atoms with Crippen molar-refractivity contribution in [1.82, 2.24) is 14.5 Å². The SMILES string of the molecule is CC(C)CCN(CCC(=O)N1CCNCC1)S(=O)(=O)c1ccc(CC(C)C)cc1.O=C(O)C(F)(F)F. The van der Waals surface area contributed by atoms with Crippen LogP contribution in [0.3, 0.4) is 0 Å². The van der Waals surface area contributed by atoms with Crippen LogP contribution in [-0.4, -0.2) is 80.1 Å². The van der Waals surface area contributed by atoms with Crippen LogP contribution < -0.4 is 5.32 Å². The van der Waals surface area contributed by atoms with Crippen LogP contribution in [0.25, 0.3) is 0 Å². The number of benzene rings is 1. The van der Waals surface area contributed by atoms with E-state index in [9.17, 15) is 26.4 Å². The Morgan fingerprint density at radius 1 is 1.03 bits per heavy atom. The minimum atomic E-state index is -5.08. The topological polar surface area (TPSA) is 107 Å². The molecule has 36 heavy (non-hydrogen) atoms. The monoisotopic (exact) mass is 537 g/mol. The quantitative estimate of drug-likeness (QED) is 0.474. The van der Waals surface area contributed by atoms with Crippen LogP contribution in [0.15, 0.2) is 29.2 Å². The highest BCUT2D eigenvalue weighted by Gasteiger charge is 2.38. The van der Waals surface area contributed by atoms with Gasteiger partial charge in [0.1, 0.15) is 0 Å². The van der Waals surface area contributed by atoms with Crippen molar-refractivity contribution in [3.8, 4) is 0 Å². The molecular formula is C24H38F3N3O5S. The van der Waals surface area contributed by atoms with Crippen molar-refractivity contribution in [2.45, 2.75) is 58.0 Å². The zero-order chi connectivity index (χ0) is 27.5. The summed E-state index contributed by atoms with van der Waals surface area (Å²) in [4.78, 5) is 23.6. The number of hydrogen-bond acceptors (Lipinski definition) is 5. The third kappa shape index (κ3) is 11.3. The first-order valence-electron chi connectivity index (χ1n) is 12.0. The number of carboxylic acids is 1. The molecule has 1 heterocycles. The predicted molar refractivity (Wildman–Crippen MR) is 131 cm³/mol. The van der Waals surface area contributed by atoms with Crippen molar-refractivity contribution >= 4 is 21.9 Å². The summed E-state index contributed by atoms with van der Waals surface area (Å²) in [7, 11) is -3.62. The summed E-state index contributed by atoms with van der Waals surface area (Å²) in [5.41, 5.74) is 1.14. The third-order valence-corrected chi connectivity index (χ3v) is 7.36. The molecule has 8 nitrogen and oxygen atoms in total. The van der Waals surface area contributed by atoms with Gasteiger partial charge in [0.2, 0.25) is 15.9 Å². The number of sulfonamides is 1. The fourth-order valence-electron chi connectivity index (χ4n) is 3.47. The molecule has 1 fully saturated rings. The van der Waals surface area contributed by atoms with Crippen LogP contribution in [0.1, 0.15) is 46.1 Å². The summed E-state index contributed by atoms with van der Waals surface area (Å²) < 4.78 is 59.7. The first-order chi connectivity index (χ1) is 16.6. The molecule has 0 unspecified atom stereocenters.